The number of amides is 2. The van der Waals surface area contributed by atoms with Gasteiger partial charge in [-0.3, -0.25) is 9.80 Å². The minimum atomic E-state index is -4.58. The first kappa shape index (κ1) is 24.9. The predicted octanol–water partition coefficient (Wildman–Crippen LogP) is 5.00. The van der Waals surface area contributed by atoms with E-state index in [0.717, 1.165) is 17.5 Å². The number of carbonyl (C=O) groups is 2. The fourth-order valence-electron chi connectivity index (χ4n) is 3.11. The van der Waals surface area contributed by atoms with E-state index in [1.165, 1.54) is 18.2 Å². The van der Waals surface area contributed by atoms with E-state index < -0.39 is 17.8 Å². The highest BCUT2D eigenvalue weighted by Gasteiger charge is 2.33. The maximum Gasteiger partial charge on any atom is 0.418 e. The van der Waals surface area contributed by atoms with E-state index in [-0.39, 0.29) is 24.2 Å². The monoisotopic (exact) mass is 477 g/mol. The number of anilines is 3. The van der Waals surface area contributed by atoms with Gasteiger partial charge in [0.2, 0.25) is 0 Å². The first-order chi connectivity index (χ1) is 16.1. The van der Waals surface area contributed by atoms with Crippen molar-refractivity contribution in [3.8, 4) is 0 Å². The summed E-state index contributed by atoms with van der Waals surface area (Å²) >= 11 is 0. The Morgan fingerprint density at radius 1 is 1.06 bits per heavy atom. The number of benzene rings is 2. The molecule has 0 aliphatic carbocycles. The number of hydrazine groups is 2. The lowest BCUT2D eigenvalue weighted by Gasteiger charge is -2.16. The molecular weight excluding hydrogens is 451 g/mol. The highest BCUT2D eigenvalue weighted by atomic mass is 19.4. The first-order valence-corrected chi connectivity index (χ1v) is 10.6. The zero-order valence-electron chi connectivity index (χ0n) is 18.7. The second-order valence-electron chi connectivity index (χ2n) is 8.00. The molecule has 1 aliphatic heterocycles. The SMILES string of the molecule is CC(C)CC(=O)OCCC1=CN(c2ccc(NC(=O)Nc3ccccc3C(F)(F)F)cc2)NN1. The van der Waals surface area contributed by atoms with Crippen molar-refractivity contribution in [3.63, 3.8) is 0 Å². The Morgan fingerprint density at radius 3 is 2.44 bits per heavy atom. The third kappa shape index (κ3) is 7.14. The van der Waals surface area contributed by atoms with E-state index in [2.05, 4.69) is 21.6 Å². The molecule has 3 rings (SSSR count). The summed E-state index contributed by atoms with van der Waals surface area (Å²) in [6.45, 7) is 4.16. The van der Waals surface area contributed by atoms with Crippen LogP contribution in [0.4, 0.5) is 35.0 Å². The van der Waals surface area contributed by atoms with E-state index in [0.29, 0.717) is 18.5 Å². The van der Waals surface area contributed by atoms with Gasteiger partial charge in [-0.2, -0.15) is 13.2 Å². The lowest BCUT2D eigenvalue weighted by atomic mass is 10.1. The molecule has 11 heteroatoms. The molecule has 34 heavy (non-hydrogen) atoms. The number of halogens is 3. The van der Waals surface area contributed by atoms with Crippen molar-refractivity contribution in [1.29, 1.82) is 0 Å². The number of hydrogen-bond acceptors (Lipinski definition) is 6. The van der Waals surface area contributed by atoms with Gasteiger partial charge in [0.05, 0.1) is 23.5 Å². The molecule has 182 valence electrons. The van der Waals surface area contributed by atoms with Crippen molar-refractivity contribution in [2.75, 3.05) is 22.2 Å². The highest BCUT2D eigenvalue weighted by Crippen LogP contribution is 2.34. The third-order valence-corrected chi connectivity index (χ3v) is 4.72. The first-order valence-electron chi connectivity index (χ1n) is 10.6. The summed E-state index contributed by atoms with van der Waals surface area (Å²) in [6, 6.07) is 10.6. The van der Waals surface area contributed by atoms with Gasteiger partial charge in [-0.15, -0.1) is 5.53 Å². The van der Waals surface area contributed by atoms with Gasteiger partial charge in [0.15, 0.2) is 0 Å². The number of nitrogens with one attached hydrogen (secondary N) is 4. The second-order valence-corrected chi connectivity index (χ2v) is 8.00. The Bertz CT molecular complexity index is 1040. The smallest absolute Gasteiger partial charge is 0.418 e. The van der Waals surface area contributed by atoms with E-state index in [1.54, 1.807) is 35.5 Å². The van der Waals surface area contributed by atoms with Crippen LogP contribution < -0.4 is 26.6 Å². The summed E-state index contributed by atoms with van der Waals surface area (Å²) in [6.07, 6.45) is -1.89. The number of rotatable bonds is 8. The van der Waals surface area contributed by atoms with Gasteiger partial charge < -0.3 is 20.8 Å². The van der Waals surface area contributed by atoms with Crippen molar-refractivity contribution >= 4 is 29.1 Å². The minimum Gasteiger partial charge on any atom is -0.465 e. The topological polar surface area (TPSA) is 94.7 Å². The molecule has 0 unspecified atom stereocenters. The van der Waals surface area contributed by atoms with Crippen LogP contribution in [0.25, 0.3) is 0 Å². The molecule has 0 fully saturated rings. The van der Waals surface area contributed by atoms with Gasteiger partial charge in [0.1, 0.15) is 0 Å². The summed E-state index contributed by atoms with van der Waals surface area (Å²) in [5.41, 5.74) is 6.65. The Kier molecular flexibility index (Phi) is 8.00. The van der Waals surface area contributed by atoms with Gasteiger partial charge >= 0.3 is 18.2 Å². The van der Waals surface area contributed by atoms with E-state index in [1.807, 2.05) is 13.8 Å². The minimum absolute atomic E-state index is 0.229. The number of urea groups is 1. The van der Waals surface area contributed by atoms with Crippen LogP contribution in [0, 0.1) is 5.92 Å². The van der Waals surface area contributed by atoms with Crippen molar-refractivity contribution in [2.45, 2.75) is 32.9 Å². The zero-order valence-corrected chi connectivity index (χ0v) is 18.7. The molecule has 0 spiro atoms. The highest BCUT2D eigenvalue weighted by molar-refractivity contribution is 6.00. The molecular formula is C23H26F3N5O3. The molecule has 4 N–H and O–H groups in total. The molecule has 0 aromatic heterocycles. The average Bonchev–Trinajstić information content (AvgIpc) is 3.22. The molecule has 0 saturated carbocycles. The summed E-state index contributed by atoms with van der Waals surface area (Å²) < 4.78 is 44.4. The number of alkyl halides is 3. The van der Waals surface area contributed by atoms with Crippen LogP contribution in [-0.2, 0) is 15.7 Å². The summed E-state index contributed by atoms with van der Waals surface area (Å²) in [5.74, 6) is 0.0140. The van der Waals surface area contributed by atoms with Crippen molar-refractivity contribution < 1.29 is 27.5 Å². The predicted molar refractivity (Wildman–Crippen MR) is 122 cm³/mol. The molecule has 1 heterocycles. The molecule has 8 nitrogen and oxygen atoms in total. The summed E-state index contributed by atoms with van der Waals surface area (Å²) in [7, 11) is 0. The maximum atomic E-state index is 13.1. The molecule has 0 radical (unpaired) electrons. The fourth-order valence-corrected chi connectivity index (χ4v) is 3.11. The Balaban J connectivity index is 1.52. The van der Waals surface area contributed by atoms with Crippen LogP contribution in [0.15, 0.2) is 60.4 Å². The van der Waals surface area contributed by atoms with E-state index >= 15 is 0 Å². The van der Waals surface area contributed by atoms with Crippen LogP contribution in [0.2, 0.25) is 0 Å². The number of ether oxygens (including phenoxy) is 1. The van der Waals surface area contributed by atoms with Crippen molar-refractivity contribution in [1.82, 2.24) is 11.0 Å². The van der Waals surface area contributed by atoms with Gasteiger partial charge in [-0.1, -0.05) is 26.0 Å². The average molecular weight is 477 g/mol. The number of hydrogen-bond donors (Lipinski definition) is 4. The quantitative estimate of drug-likeness (QED) is 0.400. The fraction of sp³-hybridized carbons (Fsp3) is 0.304. The van der Waals surface area contributed by atoms with Crippen LogP contribution >= 0.6 is 0 Å². The Morgan fingerprint density at radius 2 is 1.76 bits per heavy atom. The normalized spacial score (nSPS) is 13.4. The second kappa shape index (κ2) is 10.9. The molecule has 0 atom stereocenters. The maximum absolute atomic E-state index is 13.1. The molecule has 0 bridgehead atoms. The van der Waals surface area contributed by atoms with E-state index in [4.69, 9.17) is 4.74 Å². The Hall–Kier alpha value is -3.73. The summed E-state index contributed by atoms with van der Waals surface area (Å²) in [5, 5.41) is 6.45. The molecule has 1 aliphatic rings. The molecule has 2 amide bonds. The molecule has 2 aromatic carbocycles. The van der Waals surface area contributed by atoms with Gasteiger partial charge in [-0.05, 0) is 42.3 Å². The third-order valence-electron chi connectivity index (χ3n) is 4.72. The largest absolute Gasteiger partial charge is 0.465 e. The van der Waals surface area contributed by atoms with Crippen molar-refractivity contribution in [2.24, 2.45) is 5.92 Å². The lowest BCUT2D eigenvalue weighted by Crippen LogP contribution is -2.36. The molecule has 0 saturated heterocycles. The van der Waals surface area contributed by atoms with Crippen LogP contribution in [0.5, 0.6) is 0 Å². The zero-order chi connectivity index (χ0) is 24.7. The van der Waals surface area contributed by atoms with Crippen LogP contribution in [0.1, 0.15) is 32.3 Å². The Labute approximate surface area is 195 Å². The van der Waals surface area contributed by atoms with Gasteiger partial charge in [0.25, 0.3) is 0 Å². The van der Waals surface area contributed by atoms with Crippen LogP contribution in [0.3, 0.4) is 0 Å². The van der Waals surface area contributed by atoms with Gasteiger partial charge in [-0.25, -0.2) is 4.79 Å². The molecule has 2 aromatic rings. The number of nitrogens with zero attached hydrogens (tertiary/aromatic N) is 1. The van der Waals surface area contributed by atoms with Crippen LogP contribution in [-0.4, -0.2) is 18.6 Å². The van der Waals surface area contributed by atoms with E-state index in [9.17, 15) is 22.8 Å². The van der Waals surface area contributed by atoms with Crippen molar-refractivity contribution in [3.05, 3.63) is 66.0 Å². The number of carbonyl (C=O) groups excluding carboxylic acids is 2. The number of esters is 1. The number of para-hydroxylation sites is 1. The standard InChI is InChI=1S/C23H26F3N5O3/c1-15(2)13-21(32)34-12-11-17-14-31(30-29-17)18-9-7-16(8-10-18)27-22(33)28-20-6-4-3-5-19(20)23(24,25)26/h3-10,14-15,29-30H,11-13H2,1-2H3,(H2,27,28,33). The lowest BCUT2D eigenvalue weighted by molar-refractivity contribution is -0.144. The summed E-state index contributed by atoms with van der Waals surface area (Å²) in [4.78, 5) is 23.8. The van der Waals surface area contributed by atoms with Gasteiger partial charge in [0, 0.05) is 30.4 Å².